The van der Waals surface area contributed by atoms with Gasteiger partial charge in [-0.05, 0) is 32.0 Å². The van der Waals surface area contributed by atoms with E-state index < -0.39 is 5.41 Å². The Kier molecular flexibility index (Phi) is 2.39. The molecule has 0 bridgehead atoms. The number of hydrogen-bond donors (Lipinski definition) is 2. The highest BCUT2D eigenvalue weighted by molar-refractivity contribution is 6.32. The maximum atomic E-state index is 11.8. The van der Waals surface area contributed by atoms with Crippen LogP contribution in [0.15, 0.2) is 23.4 Å². The monoisotopic (exact) mass is 238 g/mol. The van der Waals surface area contributed by atoms with Crippen molar-refractivity contribution < 1.29 is 10.0 Å². The Hall–Kier alpha value is -1.55. The van der Waals surface area contributed by atoms with Crippen LogP contribution in [0.1, 0.15) is 19.4 Å². The van der Waals surface area contributed by atoms with Crippen molar-refractivity contribution in [2.75, 3.05) is 5.32 Å². The van der Waals surface area contributed by atoms with E-state index in [-0.39, 0.29) is 5.91 Å². The van der Waals surface area contributed by atoms with Crippen LogP contribution in [-0.4, -0.2) is 16.8 Å². The molecule has 2 rings (SSSR count). The lowest BCUT2D eigenvalue weighted by Gasteiger charge is -2.31. The summed E-state index contributed by atoms with van der Waals surface area (Å²) >= 11 is 5.88. The minimum atomic E-state index is -0.869. The fourth-order valence-corrected chi connectivity index (χ4v) is 1.90. The molecule has 0 aromatic heterocycles. The van der Waals surface area contributed by atoms with E-state index in [4.69, 9.17) is 16.8 Å². The summed E-state index contributed by atoms with van der Waals surface area (Å²) in [6, 6.07) is 5.04. The van der Waals surface area contributed by atoms with E-state index in [0.717, 1.165) is 0 Å². The summed E-state index contributed by atoms with van der Waals surface area (Å²) in [5.74, 6) is -0.199. The van der Waals surface area contributed by atoms with Gasteiger partial charge in [0.15, 0.2) is 0 Å². The third-order valence-electron chi connectivity index (χ3n) is 2.74. The van der Waals surface area contributed by atoms with E-state index in [0.29, 0.717) is 22.0 Å². The molecule has 0 atom stereocenters. The number of nitrogens with zero attached hydrogens (tertiary/aromatic N) is 1. The van der Waals surface area contributed by atoms with E-state index >= 15 is 0 Å². The van der Waals surface area contributed by atoms with E-state index in [2.05, 4.69) is 10.5 Å². The molecule has 0 saturated heterocycles. The number of nitrogens with one attached hydrogen (secondary N) is 1. The summed E-state index contributed by atoms with van der Waals surface area (Å²) in [7, 11) is 0. The topological polar surface area (TPSA) is 61.7 Å². The zero-order valence-corrected chi connectivity index (χ0v) is 9.67. The van der Waals surface area contributed by atoms with Crippen molar-refractivity contribution in [2.24, 2.45) is 10.6 Å². The molecule has 4 nitrogen and oxygen atoms in total. The highest BCUT2D eigenvalue weighted by Gasteiger charge is 2.40. The predicted octanol–water partition coefficient (Wildman–Crippen LogP) is 2.50. The molecule has 0 unspecified atom stereocenters. The van der Waals surface area contributed by atoms with Crippen molar-refractivity contribution >= 4 is 28.9 Å². The number of fused-ring (bicyclic) bond motifs is 1. The van der Waals surface area contributed by atoms with Crippen molar-refractivity contribution in [3.63, 3.8) is 0 Å². The van der Waals surface area contributed by atoms with Crippen molar-refractivity contribution in [2.45, 2.75) is 13.8 Å². The summed E-state index contributed by atoms with van der Waals surface area (Å²) in [6.45, 7) is 3.39. The second-order valence-electron chi connectivity index (χ2n) is 4.22. The molecule has 1 heterocycles. The van der Waals surface area contributed by atoms with Crippen LogP contribution in [0.3, 0.4) is 0 Å². The number of rotatable bonds is 0. The highest BCUT2D eigenvalue weighted by Crippen LogP contribution is 2.35. The zero-order chi connectivity index (χ0) is 11.9. The van der Waals surface area contributed by atoms with Gasteiger partial charge in [-0.25, -0.2) is 0 Å². The first-order chi connectivity index (χ1) is 7.46. The van der Waals surface area contributed by atoms with Gasteiger partial charge in [0.25, 0.3) is 0 Å². The fourth-order valence-electron chi connectivity index (χ4n) is 1.72. The van der Waals surface area contributed by atoms with Gasteiger partial charge in [0.1, 0.15) is 5.71 Å². The summed E-state index contributed by atoms with van der Waals surface area (Å²) in [5, 5.41) is 15.6. The maximum Gasteiger partial charge on any atom is 0.236 e. The third kappa shape index (κ3) is 1.46. The molecule has 5 heteroatoms. The van der Waals surface area contributed by atoms with Crippen LogP contribution in [0.2, 0.25) is 5.02 Å². The molecular formula is C11H11ClN2O2. The first kappa shape index (κ1) is 11.0. The van der Waals surface area contributed by atoms with Gasteiger partial charge in [-0.2, -0.15) is 0 Å². The van der Waals surface area contributed by atoms with Crippen molar-refractivity contribution in [3.8, 4) is 0 Å². The van der Waals surface area contributed by atoms with Crippen LogP contribution in [0.5, 0.6) is 0 Å². The van der Waals surface area contributed by atoms with Crippen LogP contribution in [0.25, 0.3) is 0 Å². The smallest absolute Gasteiger partial charge is 0.236 e. The van der Waals surface area contributed by atoms with Crippen LogP contribution in [-0.2, 0) is 4.79 Å². The Balaban J connectivity index is 2.68. The molecule has 0 saturated carbocycles. The van der Waals surface area contributed by atoms with Gasteiger partial charge in [0.2, 0.25) is 5.91 Å². The van der Waals surface area contributed by atoms with Gasteiger partial charge in [-0.3, -0.25) is 4.79 Å². The van der Waals surface area contributed by atoms with E-state index in [1.165, 1.54) is 0 Å². The Bertz CT molecular complexity index is 495. The van der Waals surface area contributed by atoms with Gasteiger partial charge in [0, 0.05) is 10.6 Å². The number of carbonyl (C=O) groups is 1. The lowest BCUT2D eigenvalue weighted by Crippen LogP contribution is -2.43. The molecule has 84 valence electrons. The van der Waals surface area contributed by atoms with E-state index in [1.807, 2.05) is 0 Å². The first-order valence-electron chi connectivity index (χ1n) is 4.80. The number of carbonyl (C=O) groups excluding carboxylic acids is 1. The van der Waals surface area contributed by atoms with Crippen LogP contribution >= 0.6 is 11.6 Å². The third-order valence-corrected chi connectivity index (χ3v) is 2.98. The summed E-state index contributed by atoms with van der Waals surface area (Å²) < 4.78 is 0. The van der Waals surface area contributed by atoms with Crippen LogP contribution in [0, 0.1) is 5.41 Å². The zero-order valence-electron chi connectivity index (χ0n) is 8.91. The Labute approximate surface area is 97.9 Å². The Morgan fingerprint density at radius 1 is 1.44 bits per heavy atom. The maximum absolute atomic E-state index is 11.8. The number of halogens is 1. The fraction of sp³-hybridized carbons (Fsp3) is 0.273. The minimum absolute atomic E-state index is 0.199. The average Bonchev–Trinajstić information content (AvgIpc) is 2.21. The van der Waals surface area contributed by atoms with Crippen LogP contribution in [0.4, 0.5) is 5.69 Å². The quantitative estimate of drug-likeness (QED) is 0.539. The molecule has 2 N–H and O–H groups in total. The van der Waals surface area contributed by atoms with Gasteiger partial charge >= 0.3 is 0 Å². The molecular weight excluding hydrogens is 228 g/mol. The van der Waals surface area contributed by atoms with Crippen molar-refractivity contribution in [3.05, 3.63) is 28.8 Å². The summed E-state index contributed by atoms with van der Waals surface area (Å²) in [4.78, 5) is 11.8. The van der Waals surface area contributed by atoms with Gasteiger partial charge < -0.3 is 10.5 Å². The molecule has 1 aromatic carbocycles. The minimum Gasteiger partial charge on any atom is -0.411 e. The molecule has 0 aliphatic carbocycles. The molecule has 0 radical (unpaired) electrons. The highest BCUT2D eigenvalue weighted by atomic mass is 35.5. The second kappa shape index (κ2) is 3.49. The van der Waals surface area contributed by atoms with Gasteiger partial charge in [0.05, 0.1) is 11.1 Å². The molecule has 1 amide bonds. The normalized spacial score (nSPS) is 20.4. The number of amides is 1. The second-order valence-corrected chi connectivity index (χ2v) is 4.65. The molecule has 1 aromatic rings. The van der Waals surface area contributed by atoms with Crippen molar-refractivity contribution in [1.29, 1.82) is 0 Å². The average molecular weight is 239 g/mol. The number of benzene rings is 1. The number of hydrogen-bond acceptors (Lipinski definition) is 3. The van der Waals surface area contributed by atoms with Crippen LogP contribution < -0.4 is 5.32 Å². The Morgan fingerprint density at radius 3 is 2.75 bits per heavy atom. The molecule has 1 aliphatic rings. The lowest BCUT2D eigenvalue weighted by molar-refractivity contribution is -0.121. The summed E-state index contributed by atoms with van der Waals surface area (Å²) in [6.07, 6.45) is 0. The largest absolute Gasteiger partial charge is 0.411 e. The number of oxime groups is 1. The van der Waals surface area contributed by atoms with E-state index in [1.54, 1.807) is 32.0 Å². The SMILES string of the molecule is CC1(C)C(=O)Nc2ccc(Cl)cc2C1=NO. The van der Waals surface area contributed by atoms with Crippen molar-refractivity contribution in [1.82, 2.24) is 0 Å². The van der Waals surface area contributed by atoms with E-state index in [9.17, 15) is 4.79 Å². The lowest BCUT2D eigenvalue weighted by atomic mass is 9.79. The molecule has 16 heavy (non-hydrogen) atoms. The van der Waals surface area contributed by atoms with Gasteiger partial charge in [-0.1, -0.05) is 16.8 Å². The van der Waals surface area contributed by atoms with Gasteiger partial charge in [-0.15, -0.1) is 0 Å². The first-order valence-corrected chi connectivity index (χ1v) is 5.18. The number of anilines is 1. The summed E-state index contributed by atoms with van der Waals surface area (Å²) in [5.41, 5.74) is 0.724. The molecule has 0 spiro atoms. The molecule has 0 fully saturated rings. The predicted molar refractivity (Wildman–Crippen MR) is 62.2 cm³/mol. The standard InChI is InChI=1S/C11H11ClN2O2/c1-11(2)9(14-16)7-5-6(12)3-4-8(7)13-10(11)15/h3-5,16H,1-2H3,(H,13,15). The Morgan fingerprint density at radius 2 is 2.12 bits per heavy atom. The molecule has 1 aliphatic heterocycles.